The maximum absolute atomic E-state index is 12.6. The summed E-state index contributed by atoms with van der Waals surface area (Å²) in [6.07, 6.45) is 0.754. The van der Waals surface area contributed by atoms with Crippen LogP contribution in [-0.2, 0) is 6.42 Å². The molecule has 0 radical (unpaired) electrons. The Bertz CT molecular complexity index is 745. The Balaban J connectivity index is 2.50. The zero-order valence-corrected chi connectivity index (χ0v) is 16.9. The van der Waals surface area contributed by atoms with Gasteiger partial charge in [0.15, 0.2) is 0 Å². The summed E-state index contributed by atoms with van der Waals surface area (Å²) >= 11 is 10.4. The van der Waals surface area contributed by atoms with Crippen molar-refractivity contribution in [3.63, 3.8) is 0 Å². The van der Waals surface area contributed by atoms with E-state index in [4.69, 9.17) is 5.73 Å². The topological polar surface area (TPSA) is 55.1 Å². The Labute approximate surface area is 155 Å². The lowest BCUT2D eigenvalue weighted by Gasteiger charge is -2.19. The van der Waals surface area contributed by atoms with Gasteiger partial charge in [-0.1, -0.05) is 19.1 Å². The molecular weight excluding hydrogens is 476 g/mol. The third-order valence-electron chi connectivity index (χ3n) is 3.45. The first-order valence-electron chi connectivity index (χ1n) is 6.70. The zero-order chi connectivity index (χ0) is 16.4. The number of anilines is 2. The van der Waals surface area contributed by atoms with Crippen molar-refractivity contribution in [1.82, 2.24) is 0 Å². The molecule has 3 N–H and O–H groups in total. The number of halogens is 3. The lowest BCUT2D eigenvalue weighted by atomic mass is 10.0. The van der Waals surface area contributed by atoms with E-state index >= 15 is 0 Å². The lowest BCUT2D eigenvalue weighted by molar-refractivity contribution is 0.102. The summed E-state index contributed by atoms with van der Waals surface area (Å²) < 4.78 is 2.37. The van der Waals surface area contributed by atoms with Gasteiger partial charge in [-0.15, -0.1) is 0 Å². The summed E-state index contributed by atoms with van der Waals surface area (Å²) in [6.45, 7) is 3.96. The van der Waals surface area contributed by atoms with Crippen LogP contribution in [0, 0.1) is 6.92 Å². The lowest BCUT2D eigenvalue weighted by Crippen LogP contribution is -2.16. The van der Waals surface area contributed by atoms with Gasteiger partial charge in [-0.05, 0) is 84.4 Å². The molecule has 116 valence electrons. The van der Waals surface area contributed by atoms with Crippen LogP contribution in [0.15, 0.2) is 37.7 Å². The van der Waals surface area contributed by atoms with E-state index in [1.54, 1.807) is 6.07 Å². The number of amides is 1. The molecule has 6 heteroatoms. The van der Waals surface area contributed by atoms with Crippen LogP contribution in [0.2, 0.25) is 0 Å². The first-order chi connectivity index (χ1) is 10.4. The molecule has 0 bridgehead atoms. The fraction of sp³-hybridized carbons (Fsp3) is 0.188. The molecule has 2 rings (SSSR count). The highest BCUT2D eigenvalue weighted by Gasteiger charge is 2.19. The molecule has 2 aromatic carbocycles. The van der Waals surface area contributed by atoms with Gasteiger partial charge in [0.1, 0.15) is 0 Å². The fourth-order valence-electron chi connectivity index (χ4n) is 2.23. The third kappa shape index (κ3) is 3.24. The summed E-state index contributed by atoms with van der Waals surface area (Å²) in [5.74, 6) is -0.158. The van der Waals surface area contributed by atoms with Crippen molar-refractivity contribution in [1.29, 1.82) is 0 Å². The maximum atomic E-state index is 12.6. The largest absolute Gasteiger partial charge is 0.397 e. The molecule has 0 saturated carbocycles. The van der Waals surface area contributed by atoms with Gasteiger partial charge in [0.2, 0.25) is 0 Å². The minimum Gasteiger partial charge on any atom is -0.397 e. The first-order valence-corrected chi connectivity index (χ1v) is 9.08. The number of nitrogens with one attached hydrogen (secondary N) is 1. The van der Waals surface area contributed by atoms with E-state index in [0.717, 1.165) is 36.7 Å². The molecular formula is C16H15Br3N2O. The minimum atomic E-state index is -0.158. The molecule has 0 fully saturated rings. The molecule has 0 aliphatic heterocycles. The molecule has 0 spiro atoms. The van der Waals surface area contributed by atoms with E-state index in [1.807, 2.05) is 32.0 Å². The monoisotopic (exact) mass is 488 g/mol. The molecule has 0 unspecified atom stereocenters. The Morgan fingerprint density at radius 1 is 1.18 bits per heavy atom. The van der Waals surface area contributed by atoms with Crippen molar-refractivity contribution in [3.8, 4) is 0 Å². The summed E-state index contributed by atoms with van der Waals surface area (Å²) in [6, 6.07) is 7.33. The van der Waals surface area contributed by atoms with E-state index in [9.17, 15) is 4.79 Å². The molecule has 0 aliphatic carbocycles. The van der Waals surface area contributed by atoms with Crippen molar-refractivity contribution in [2.24, 2.45) is 0 Å². The van der Waals surface area contributed by atoms with Crippen LogP contribution >= 0.6 is 47.8 Å². The van der Waals surface area contributed by atoms with Crippen molar-refractivity contribution in [3.05, 3.63) is 54.4 Å². The van der Waals surface area contributed by atoms with Gasteiger partial charge in [-0.3, -0.25) is 4.79 Å². The number of hydrogen-bond donors (Lipinski definition) is 2. The Morgan fingerprint density at radius 3 is 2.41 bits per heavy atom. The number of nitrogen functional groups attached to an aromatic ring is 1. The highest BCUT2D eigenvalue weighted by molar-refractivity contribution is 9.11. The summed E-state index contributed by atoms with van der Waals surface area (Å²) in [5, 5.41) is 3.01. The highest BCUT2D eigenvalue weighted by atomic mass is 79.9. The van der Waals surface area contributed by atoms with Crippen LogP contribution in [0.4, 0.5) is 11.4 Å². The normalized spacial score (nSPS) is 10.6. The van der Waals surface area contributed by atoms with E-state index < -0.39 is 0 Å². The number of nitrogens with two attached hydrogens (primary N) is 1. The molecule has 2 aromatic rings. The van der Waals surface area contributed by atoms with Gasteiger partial charge in [0, 0.05) is 19.1 Å². The molecule has 22 heavy (non-hydrogen) atoms. The second-order valence-electron chi connectivity index (χ2n) is 4.81. The fourth-order valence-corrected chi connectivity index (χ4v) is 4.04. The average Bonchev–Trinajstić information content (AvgIpc) is 2.51. The van der Waals surface area contributed by atoms with E-state index in [2.05, 4.69) is 53.1 Å². The highest BCUT2D eigenvalue weighted by Crippen LogP contribution is 2.40. The van der Waals surface area contributed by atoms with Crippen LogP contribution in [0.25, 0.3) is 0 Å². The second kappa shape index (κ2) is 7.15. The zero-order valence-electron chi connectivity index (χ0n) is 12.1. The second-order valence-corrected chi connectivity index (χ2v) is 7.25. The quantitative estimate of drug-likeness (QED) is 0.544. The first kappa shape index (κ1) is 17.5. The molecule has 0 aromatic heterocycles. The van der Waals surface area contributed by atoms with Crippen molar-refractivity contribution >= 4 is 65.1 Å². The van der Waals surface area contributed by atoms with E-state index in [-0.39, 0.29) is 5.91 Å². The minimum absolute atomic E-state index is 0.158. The number of carbonyl (C=O) groups excluding carboxylic acids is 1. The van der Waals surface area contributed by atoms with Crippen LogP contribution in [-0.4, -0.2) is 5.91 Å². The van der Waals surface area contributed by atoms with Gasteiger partial charge >= 0.3 is 0 Å². The van der Waals surface area contributed by atoms with Crippen molar-refractivity contribution in [2.75, 3.05) is 11.1 Å². The Hall–Kier alpha value is -0.850. The van der Waals surface area contributed by atoms with Gasteiger partial charge in [-0.25, -0.2) is 0 Å². The number of carbonyl (C=O) groups is 1. The van der Waals surface area contributed by atoms with Crippen LogP contribution < -0.4 is 11.1 Å². The summed E-state index contributed by atoms with van der Waals surface area (Å²) in [4.78, 5) is 12.6. The maximum Gasteiger partial charge on any atom is 0.256 e. The third-order valence-corrected chi connectivity index (χ3v) is 6.07. The predicted octanol–water partition coefficient (Wildman–Crippen LogP) is 5.68. The smallest absolute Gasteiger partial charge is 0.256 e. The molecule has 3 nitrogen and oxygen atoms in total. The molecule has 1 amide bonds. The van der Waals surface area contributed by atoms with Gasteiger partial charge in [-0.2, -0.15) is 0 Å². The Morgan fingerprint density at radius 2 is 1.82 bits per heavy atom. The van der Waals surface area contributed by atoms with E-state index in [1.165, 1.54) is 0 Å². The average molecular weight is 491 g/mol. The van der Waals surface area contributed by atoms with Crippen molar-refractivity contribution < 1.29 is 4.79 Å². The molecule has 0 heterocycles. The number of rotatable bonds is 3. The molecule has 0 saturated heterocycles. The molecule has 0 atom stereocenters. The van der Waals surface area contributed by atoms with Crippen molar-refractivity contribution in [2.45, 2.75) is 20.3 Å². The Kier molecular flexibility index (Phi) is 5.69. The van der Waals surface area contributed by atoms with Gasteiger partial charge in [0.05, 0.1) is 11.3 Å². The van der Waals surface area contributed by atoms with Crippen LogP contribution in [0.3, 0.4) is 0 Å². The number of benzene rings is 2. The standard InChI is InChI=1S/C16H15Br3N2O/c1-3-9-13(19)14(20)12(18)8(2)15(9)21-16(22)10-6-4-5-7-11(10)17/h4-7H,3,20H2,1-2H3,(H,21,22). The van der Waals surface area contributed by atoms with Crippen LogP contribution in [0.1, 0.15) is 28.4 Å². The van der Waals surface area contributed by atoms with E-state index in [0.29, 0.717) is 11.3 Å². The van der Waals surface area contributed by atoms with Crippen LogP contribution in [0.5, 0.6) is 0 Å². The summed E-state index contributed by atoms with van der Waals surface area (Å²) in [5.41, 5.74) is 10.0. The summed E-state index contributed by atoms with van der Waals surface area (Å²) in [7, 11) is 0. The molecule has 0 aliphatic rings. The SMILES string of the molecule is CCc1c(Br)c(N)c(Br)c(C)c1NC(=O)c1ccccc1Br. The van der Waals surface area contributed by atoms with Gasteiger partial charge in [0.25, 0.3) is 5.91 Å². The predicted molar refractivity (Wildman–Crippen MR) is 102 cm³/mol. The van der Waals surface area contributed by atoms with Gasteiger partial charge < -0.3 is 11.1 Å². The number of hydrogen-bond acceptors (Lipinski definition) is 2.